The SMILES string of the molecule is C.CC.CCOc1ccc([N+](=O)[O-])cc1.COc1ccc([N+](=O)[O-])cc1.O=[N+]([O-])c1ccc(O)cc1. The van der Waals surface area contributed by atoms with Gasteiger partial charge in [0.05, 0.1) is 28.5 Å². The fourth-order valence-corrected chi connectivity index (χ4v) is 2.11. The Morgan fingerprint density at radius 3 is 1.25 bits per heavy atom. The summed E-state index contributed by atoms with van der Waals surface area (Å²) in [6.45, 7) is 6.43. The van der Waals surface area contributed by atoms with Crippen molar-refractivity contribution < 1.29 is 29.4 Å². The summed E-state index contributed by atoms with van der Waals surface area (Å²) in [4.78, 5) is 29.0. The van der Waals surface area contributed by atoms with Gasteiger partial charge in [0, 0.05) is 36.4 Å². The van der Waals surface area contributed by atoms with E-state index in [0.717, 1.165) is 0 Å². The summed E-state index contributed by atoms with van der Waals surface area (Å²) in [6, 6.07) is 17.0. The molecule has 0 spiro atoms. The van der Waals surface area contributed by atoms with Crippen molar-refractivity contribution in [2.75, 3.05) is 13.7 Å². The van der Waals surface area contributed by atoms with Crippen LogP contribution < -0.4 is 9.47 Å². The van der Waals surface area contributed by atoms with Crippen LogP contribution in [0.3, 0.4) is 0 Å². The number of aromatic hydroxyl groups is 1. The highest BCUT2D eigenvalue weighted by Gasteiger charge is 2.04. The lowest BCUT2D eigenvalue weighted by molar-refractivity contribution is -0.385. The first-order valence-corrected chi connectivity index (χ1v) is 10.3. The molecule has 0 radical (unpaired) electrons. The molecule has 0 heterocycles. The summed E-state index contributed by atoms with van der Waals surface area (Å²) in [5.74, 6) is 1.31. The monoisotopic (exact) mass is 505 g/mol. The molecule has 0 atom stereocenters. The van der Waals surface area contributed by atoms with Crippen molar-refractivity contribution in [1.82, 2.24) is 0 Å². The molecule has 0 aromatic heterocycles. The fraction of sp³-hybridized carbons (Fsp3) is 0.250. The van der Waals surface area contributed by atoms with Gasteiger partial charge in [0.15, 0.2) is 0 Å². The van der Waals surface area contributed by atoms with Gasteiger partial charge in [0.1, 0.15) is 17.2 Å². The van der Waals surface area contributed by atoms with E-state index < -0.39 is 14.8 Å². The van der Waals surface area contributed by atoms with Crippen LogP contribution in [-0.2, 0) is 0 Å². The molecule has 36 heavy (non-hydrogen) atoms. The van der Waals surface area contributed by atoms with Crippen molar-refractivity contribution in [2.45, 2.75) is 28.2 Å². The first-order chi connectivity index (χ1) is 16.7. The first-order valence-electron chi connectivity index (χ1n) is 10.3. The number of hydrogen-bond acceptors (Lipinski definition) is 9. The molecular weight excluding hydrogens is 474 g/mol. The largest absolute Gasteiger partial charge is 0.508 e. The number of non-ortho nitro benzene ring substituents is 3. The van der Waals surface area contributed by atoms with Gasteiger partial charge >= 0.3 is 0 Å². The Balaban J connectivity index is 0. The van der Waals surface area contributed by atoms with Crippen LogP contribution in [0.4, 0.5) is 17.1 Å². The third kappa shape index (κ3) is 13.1. The van der Waals surface area contributed by atoms with Gasteiger partial charge in [-0.25, -0.2) is 0 Å². The third-order valence-electron chi connectivity index (χ3n) is 3.70. The normalized spacial score (nSPS) is 8.67. The standard InChI is InChI=1S/C8H9NO3.C7H7NO3.C6H5NO3.C2H6.CH4/c1-2-12-8-5-3-7(4-6-8)9(10)11;1-11-7-4-2-6(3-5-7)8(9)10;8-6-3-1-5(2-4-6)7(9)10;1-2;/h3-6H,2H2,1H3;2-5H,1H3;1-4,8H;1-2H3;1H4. The molecule has 1 N–H and O–H groups in total. The zero-order valence-corrected chi connectivity index (χ0v) is 19.7. The Bertz CT molecular complexity index is 1040. The van der Waals surface area contributed by atoms with Crippen LogP contribution in [0, 0.1) is 30.3 Å². The maximum absolute atomic E-state index is 10.2. The van der Waals surface area contributed by atoms with E-state index in [0.29, 0.717) is 18.1 Å². The molecule has 3 rings (SSSR count). The van der Waals surface area contributed by atoms with E-state index in [2.05, 4.69) is 0 Å². The summed E-state index contributed by atoms with van der Waals surface area (Å²) in [6.07, 6.45) is 0. The van der Waals surface area contributed by atoms with Gasteiger partial charge < -0.3 is 14.6 Å². The lowest BCUT2D eigenvalue weighted by Gasteiger charge is -2.00. The molecule has 12 nitrogen and oxygen atoms in total. The van der Waals surface area contributed by atoms with Gasteiger partial charge in [-0.05, 0) is 43.3 Å². The highest BCUT2D eigenvalue weighted by atomic mass is 16.6. The molecule has 0 aliphatic carbocycles. The van der Waals surface area contributed by atoms with Crippen molar-refractivity contribution in [3.63, 3.8) is 0 Å². The molecule has 196 valence electrons. The second-order valence-corrected chi connectivity index (χ2v) is 5.91. The Hall–Kier alpha value is -4.74. The molecule has 3 aromatic rings. The zero-order valence-electron chi connectivity index (χ0n) is 19.7. The van der Waals surface area contributed by atoms with E-state index in [1.165, 1.54) is 55.6 Å². The maximum atomic E-state index is 10.2. The molecule has 0 saturated heterocycles. The molecule has 12 heteroatoms. The molecular formula is C24H31N3O9. The number of nitrogens with zero attached hydrogens (tertiary/aromatic N) is 3. The lowest BCUT2D eigenvalue weighted by Crippen LogP contribution is -1.92. The minimum absolute atomic E-state index is 0. The number of benzene rings is 3. The first kappa shape index (κ1) is 33.4. The topological polar surface area (TPSA) is 168 Å². The van der Waals surface area contributed by atoms with Crippen LogP contribution in [-0.4, -0.2) is 33.6 Å². The lowest BCUT2D eigenvalue weighted by atomic mass is 10.3. The molecule has 3 aromatic carbocycles. The van der Waals surface area contributed by atoms with Gasteiger partial charge in [-0.2, -0.15) is 0 Å². The number of phenols is 1. The molecule has 0 saturated carbocycles. The number of nitro benzene ring substituents is 3. The van der Waals surface area contributed by atoms with Crippen molar-refractivity contribution in [3.05, 3.63) is 103 Å². The highest BCUT2D eigenvalue weighted by molar-refractivity contribution is 5.37. The van der Waals surface area contributed by atoms with Crippen LogP contribution in [0.2, 0.25) is 0 Å². The van der Waals surface area contributed by atoms with E-state index in [4.69, 9.17) is 14.6 Å². The second-order valence-electron chi connectivity index (χ2n) is 5.91. The number of rotatable bonds is 6. The summed E-state index contributed by atoms with van der Waals surface area (Å²) in [7, 11) is 1.52. The second kappa shape index (κ2) is 18.7. The average Bonchev–Trinajstić information content (AvgIpc) is 2.87. The molecule has 0 bridgehead atoms. The minimum Gasteiger partial charge on any atom is -0.508 e. The van der Waals surface area contributed by atoms with Gasteiger partial charge in [0.2, 0.25) is 0 Å². The number of ether oxygens (including phenoxy) is 2. The average molecular weight is 506 g/mol. The molecule has 0 amide bonds. The van der Waals surface area contributed by atoms with E-state index in [1.807, 2.05) is 20.8 Å². The number of methoxy groups -OCH3 is 1. The van der Waals surface area contributed by atoms with Crippen molar-refractivity contribution in [2.24, 2.45) is 0 Å². The zero-order chi connectivity index (χ0) is 26.8. The summed E-state index contributed by atoms with van der Waals surface area (Å²) < 4.78 is 9.94. The van der Waals surface area contributed by atoms with E-state index in [1.54, 1.807) is 24.3 Å². The molecule has 0 aliphatic rings. The summed E-state index contributed by atoms with van der Waals surface area (Å²) in [5.41, 5.74) is 0.141. The maximum Gasteiger partial charge on any atom is 0.269 e. The van der Waals surface area contributed by atoms with Gasteiger partial charge in [-0.1, -0.05) is 21.3 Å². The predicted octanol–water partition coefficient (Wildman–Crippen LogP) is 6.56. The van der Waals surface area contributed by atoms with Crippen LogP contribution in [0.1, 0.15) is 28.2 Å². The Kier molecular flexibility index (Phi) is 17.3. The van der Waals surface area contributed by atoms with Crippen molar-refractivity contribution >= 4 is 17.1 Å². The summed E-state index contributed by atoms with van der Waals surface area (Å²) >= 11 is 0. The number of nitro groups is 3. The Labute approximate surface area is 209 Å². The summed E-state index contributed by atoms with van der Waals surface area (Å²) in [5, 5.41) is 39.2. The van der Waals surface area contributed by atoms with E-state index in [9.17, 15) is 30.3 Å². The van der Waals surface area contributed by atoms with Crippen LogP contribution in [0.15, 0.2) is 72.8 Å². The predicted molar refractivity (Wildman–Crippen MR) is 137 cm³/mol. The molecule has 0 fully saturated rings. The Morgan fingerprint density at radius 1 is 0.667 bits per heavy atom. The van der Waals surface area contributed by atoms with Crippen LogP contribution >= 0.6 is 0 Å². The molecule has 0 unspecified atom stereocenters. The molecule has 0 aliphatic heterocycles. The van der Waals surface area contributed by atoms with Crippen LogP contribution in [0.5, 0.6) is 17.2 Å². The van der Waals surface area contributed by atoms with E-state index >= 15 is 0 Å². The third-order valence-corrected chi connectivity index (χ3v) is 3.70. The van der Waals surface area contributed by atoms with Crippen molar-refractivity contribution in [1.29, 1.82) is 0 Å². The number of hydrogen-bond donors (Lipinski definition) is 1. The van der Waals surface area contributed by atoms with Gasteiger partial charge in [0.25, 0.3) is 17.1 Å². The van der Waals surface area contributed by atoms with E-state index in [-0.39, 0.29) is 30.2 Å². The minimum atomic E-state index is -0.514. The fourth-order valence-electron chi connectivity index (χ4n) is 2.11. The smallest absolute Gasteiger partial charge is 0.269 e. The number of phenolic OH excluding ortho intramolecular Hbond substituents is 1. The van der Waals surface area contributed by atoms with Gasteiger partial charge in [-0.15, -0.1) is 0 Å². The van der Waals surface area contributed by atoms with Crippen LogP contribution in [0.25, 0.3) is 0 Å². The quantitative estimate of drug-likeness (QED) is 0.288. The highest BCUT2D eigenvalue weighted by Crippen LogP contribution is 2.17. The van der Waals surface area contributed by atoms with Gasteiger partial charge in [-0.3, -0.25) is 30.3 Å². The van der Waals surface area contributed by atoms with Crippen molar-refractivity contribution in [3.8, 4) is 17.2 Å². The Morgan fingerprint density at radius 2 is 0.972 bits per heavy atom.